The number of non-ortho nitro benzene ring substituents is 1. The first-order chi connectivity index (χ1) is 19.2. The third kappa shape index (κ3) is 15.6. The molecule has 0 fully saturated rings. The minimum atomic E-state index is -0.622. The predicted octanol–water partition coefficient (Wildman–Crippen LogP) is 8.97. The van der Waals surface area contributed by atoms with Crippen LogP contribution in [0, 0.1) is 36.7 Å². The molecule has 0 unspecified atom stereocenters. The summed E-state index contributed by atoms with van der Waals surface area (Å²) in [4.78, 5) is 19.2. The number of hydrogen-bond donors (Lipinski definition) is 1. The van der Waals surface area contributed by atoms with Crippen molar-refractivity contribution < 1.29 is 9.31 Å². The van der Waals surface area contributed by atoms with Crippen molar-refractivity contribution in [2.75, 3.05) is 25.1 Å². The number of aromatic nitrogens is 2. The maximum atomic E-state index is 12.6. The van der Waals surface area contributed by atoms with Gasteiger partial charge in [0.2, 0.25) is 0 Å². The fraction of sp³-hybridized carbons (Fsp3) is 0.419. The second-order valence-electron chi connectivity index (χ2n) is 8.30. The normalized spacial score (nSPS) is 9.53. The second kappa shape index (κ2) is 22.9. The predicted molar refractivity (Wildman–Crippen MR) is 173 cm³/mol. The van der Waals surface area contributed by atoms with Crippen LogP contribution < -0.4 is 5.32 Å². The van der Waals surface area contributed by atoms with Crippen molar-refractivity contribution in [1.82, 2.24) is 15.3 Å². The Morgan fingerprint density at radius 2 is 1.75 bits per heavy atom. The molecule has 0 saturated carbocycles. The summed E-state index contributed by atoms with van der Waals surface area (Å²) in [5.74, 6) is 0.688. The standard InChI is InChI=1S/C11H13NS.C7H6FNO2.C6H7N.C5H13NS.C2H6/c1-3-4-9-5-6-12-10-7-8(2)13-11(9)10;1-5-2-3-6(9(10)11)4-7(5)8;1-6-4-2-3-5-7-6;1-3-6-4-5-7-2;1-2/h5-7H,3-4H2,1-2H3;2-4H,1H3;2-5H,1H3;6H,3-5H2,1-2H3;1-2H3. The Balaban J connectivity index is 0.000000514. The molecule has 0 radical (unpaired) electrons. The summed E-state index contributed by atoms with van der Waals surface area (Å²) >= 11 is 3.74. The number of hydrogen-bond acceptors (Lipinski definition) is 7. The molecule has 0 saturated heterocycles. The van der Waals surface area contributed by atoms with E-state index in [0.29, 0.717) is 5.56 Å². The van der Waals surface area contributed by atoms with E-state index in [0.717, 1.165) is 30.4 Å². The summed E-state index contributed by atoms with van der Waals surface area (Å²) in [6.45, 7) is 16.3. The van der Waals surface area contributed by atoms with Gasteiger partial charge in [0.25, 0.3) is 5.69 Å². The van der Waals surface area contributed by atoms with E-state index in [1.54, 1.807) is 13.1 Å². The highest BCUT2D eigenvalue weighted by molar-refractivity contribution is 7.98. The van der Waals surface area contributed by atoms with Crippen molar-refractivity contribution in [1.29, 1.82) is 0 Å². The van der Waals surface area contributed by atoms with Gasteiger partial charge in [-0.2, -0.15) is 11.8 Å². The van der Waals surface area contributed by atoms with Crippen LogP contribution >= 0.6 is 23.1 Å². The maximum absolute atomic E-state index is 12.6. The Hall–Kier alpha value is -2.88. The van der Waals surface area contributed by atoms with E-state index in [-0.39, 0.29) is 5.69 Å². The molecule has 4 rings (SSSR count). The number of nitro benzene ring substituents is 1. The van der Waals surface area contributed by atoms with Gasteiger partial charge in [0, 0.05) is 41.3 Å². The zero-order valence-corrected chi connectivity index (χ0v) is 26.8. The second-order valence-corrected chi connectivity index (χ2v) is 10.5. The highest BCUT2D eigenvalue weighted by atomic mass is 32.2. The van der Waals surface area contributed by atoms with Crippen LogP contribution in [-0.4, -0.2) is 40.0 Å². The van der Waals surface area contributed by atoms with Crippen molar-refractivity contribution in [2.45, 2.75) is 61.3 Å². The molecule has 0 aliphatic heterocycles. The van der Waals surface area contributed by atoms with Crippen LogP contribution in [0.15, 0.2) is 60.9 Å². The SMILES string of the molecule is CC.CCCc1ccnc2cc(C)sc12.CCNCCSC.Cc1ccc([N+](=O)[O-])cc1F.Cc1ccccn1. The van der Waals surface area contributed by atoms with Gasteiger partial charge in [-0.25, -0.2) is 4.39 Å². The van der Waals surface area contributed by atoms with Gasteiger partial charge in [0.15, 0.2) is 0 Å². The number of fused-ring (bicyclic) bond motifs is 1. The van der Waals surface area contributed by atoms with Crippen molar-refractivity contribution in [2.24, 2.45) is 0 Å². The molecule has 9 heteroatoms. The van der Waals surface area contributed by atoms with E-state index in [2.05, 4.69) is 54.4 Å². The first-order valence-corrected chi connectivity index (χ1v) is 15.8. The van der Waals surface area contributed by atoms with Gasteiger partial charge in [0.05, 0.1) is 21.2 Å². The molecule has 1 N–H and O–H groups in total. The van der Waals surface area contributed by atoms with E-state index in [9.17, 15) is 14.5 Å². The molecule has 6 nitrogen and oxygen atoms in total. The average Bonchev–Trinajstić information content (AvgIpc) is 3.34. The molecule has 0 spiro atoms. The third-order valence-electron chi connectivity index (χ3n) is 5.05. The Labute approximate surface area is 248 Å². The Kier molecular flexibility index (Phi) is 21.2. The van der Waals surface area contributed by atoms with Crippen molar-refractivity contribution in [3.63, 3.8) is 0 Å². The number of nitrogens with one attached hydrogen (secondary N) is 1. The largest absolute Gasteiger partial charge is 0.316 e. The van der Waals surface area contributed by atoms with Gasteiger partial charge in [0.1, 0.15) is 5.82 Å². The van der Waals surface area contributed by atoms with Gasteiger partial charge in [-0.3, -0.25) is 20.1 Å². The van der Waals surface area contributed by atoms with Gasteiger partial charge >= 0.3 is 0 Å². The van der Waals surface area contributed by atoms with E-state index in [4.69, 9.17) is 0 Å². The average molecular weight is 589 g/mol. The molecular formula is C31H45FN4O2S2. The number of halogens is 1. The van der Waals surface area contributed by atoms with Crippen LogP contribution in [0.2, 0.25) is 0 Å². The third-order valence-corrected chi connectivity index (χ3v) is 6.78. The number of thiophene rings is 1. The molecule has 3 aromatic heterocycles. The van der Waals surface area contributed by atoms with Crippen LogP contribution in [0.1, 0.15) is 55.8 Å². The van der Waals surface area contributed by atoms with Gasteiger partial charge in [-0.15, -0.1) is 11.3 Å². The number of thioether (sulfide) groups is 1. The Morgan fingerprint density at radius 3 is 2.25 bits per heavy atom. The van der Waals surface area contributed by atoms with Crippen LogP contribution in [-0.2, 0) is 6.42 Å². The van der Waals surface area contributed by atoms with Crippen LogP contribution in [0.5, 0.6) is 0 Å². The number of nitrogens with zero attached hydrogens (tertiary/aromatic N) is 3. The molecule has 40 heavy (non-hydrogen) atoms. The number of aryl methyl sites for hydroxylation is 4. The number of benzene rings is 1. The van der Waals surface area contributed by atoms with Gasteiger partial charge in [-0.05, 0) is 81.5 Å². The lowest BCUT2D eigenvalue weighted by molar-refractivity contribution is -0.385. The lowest BCUT2D eigenvalue weighted by Gasteiger charge is -1.98. The summed E-state index contributed by atoms with van der Waals surface area (Å²) in [6.07, 6.45) is 8.20. The van der Waals surface area contributed by atoms with E-state index < -0.39 is 10.7 Å². The van der Waals surface area contributed by atoms with Gasteiger partial charge in [-0.1, -0.05) is 40.2 Å². The molecule has 220 valence electrons. The number of pyridine rings is 2. The monoisotopic (exact) mass is 588 g/mol. The summed E-state index contributed by atoms with van der Waals surface area (Å²) in [6, 6.07) is 13.7. The summed E-state index contributed by atoms with van der Waals surface area (Å²) in [5.41, 5.74) is 3.88. The highest BCUT2D eigenvalue weighted by Crippen LogP contribution is 2.27. The molecule has 0 amide bonds. The minimum Gasteiger partial charge on any atom is -0.316 e. The van der Waals surface area contributed by atoms with Crippen molar-refractivity contribution in [3.05, 3.63) is 98.6 Å². The molecule has 0 atom stereocenters. The van der Waals surface area contributed by atoms with E-state index >= 15 is 0 Å². The smallest absolute Gasteiger partial charge is 0.272 e. The quantitative estimate of drug-likeness (QED) is 0.132. The zero-order chi connectivity index (χ0) is 30.3. The lowest BCUT2D eigenvalue weighted by atomic mass is 10.1. The van der Waals surface area contributed by atoms with Crippen LogP contribution in [0.3, 0.4) is 0 Å². The molecule has 4 aromatic rings. The number of rotatable bonds is 7. The molecule has 0 aliphatic carbocycles. The maximum Gasteiger partial charge on any atom is 0.272 e. The minimum absolute atomic E-state index is 0.215. The van der Waals surface area contributed by atoms with Crippen molar-refractivity contribution >= 4 is 39.0 Å². The van der Waals surface area contributed by atoms with Crippen LogP contribution in [0.25, 0.3) is 10.2 Å². The molecule has 0 aliphatic rings. The summed E-state index contributed by atoms with van der Waals surface area (Å²) in [5, 5.41) is 13.3. The molecule has 3 heterocycles. The van der Waals surface area contributed by atoms with Crippen molar-refractivity contribution in [3.8, 4) is 0 Å². The topological polar surface area (TPSA) is 81.0 Å². The van der Waals surface area contributed by atoms with E-state index in [1.807, 2.05) is 68.3 Å². The van der Waals surface area contributed by atoms with E-state index in [1.165, 1.54) is 45.9 Å². The highest BCUT2D eigenvalue weighted by Gasteiger charge is 2.07. The van der Waals surface area contributed by atoms with Crippen LogP contribution in [0.4, 0.5) is 10.1 Å². The lowest BCUT2D eigenvalue weighted by Crippen LogP contribution is -2.15. The van der Waals surface area contributed by atoms with Gasteiger partial charge < -0.3 is 5.32 Å². The Bertz CT molecular complexity index is 1220. The first-order valence-electron chi connectivity index (χ1n) is 13.5. The fourth-order valence-corrected chi connectivity index (χ4v) is 4.43. The fourth-order valence-electron chi connectivity index (χ4n) is 3.07. The zero-order valence-electron chi connectivity index (χ0n) is 25.2. The Morgan fingerprint density at radius 1 is 1.02 bits per heavy atom. The summed E-state index contributed by atoms with van der Waals surface area (Å²) < 4.78 is 14.0. The first kappa shape index (κ1) is 37.1. The molecule has 0 bridgehead atoms. The molecular weight excluding hydrogens is 543 g/mol. The molecule has 1 aromatic carbocycles. The summed E-state index contributed by atoms with van der Waals surface area (Å²) in [7, 11) is 0. The number of nitro groups is 1.